The largest absolute Gasteiger partial charge is 0.481 e. The zero-order chi connectivity index (χ0) is 20.8. The van der Waals surface area contributed by atoms with E-state index in [0.717, 1.165) is 0 Å². The summed E-state index contributed by atoms with van der Waals surface area (Å²) in [4.78, 5) is 26.9. The van der Waals surface area contributed by atoms with E-state index in [9.17, 15) is 9.59 Å². The average molecular weight is 419 g/mol. The van der Waals surface area contributed by atoms with Crippen LogP contribution in [0.3, 0.4) is 0 Å². The maximum Gasteiger partial charge on any atom is 0.400 e. The van der Waals surface area contributed by atoms with E-state index in [1.807, 2.05) is 0 Å². The third kappa shape index (κ3) is 5.86. The highest BCUT2D eigenvalue weighted by atomic mass is 35.5. The van der Waals surface area contributed by atoms with Crippen molar-refractivity contribution in [1.82, 2.24) is 10.3 Å². The number of amides is 1. The number of halogens is 1. The molecule has 8 nitrogen and oxygen atoms in total. The van der Waals surface area contributed by atoms with Crippen molar-refractivity contribution in [3.8, 4) is 17.6 Å². The van der Waals surface area contributed by atoms with Crippen LogP contribution in [0, 0.1) is 0 Å². The van der Waals surface area contributed by atoms with E-state index in [1.54, 1.807) is 49.4 Å². The molecule has 0 spiro atoms. The summed E-state index contributed by atoms with van der Waals surface area (Å²) in [6.45, 7) is 3.26. The van der Waals surface area contributed by atoms with Crippen LogP contribution in [0.25, 0.3) is 11.1 Å². The summed E-state index contributed by atoms with van der Waals surface area (Å²) in [7, 11) is 0. The Balaban J connectivity index is 1.52. The van der Waals surface area contributed by atoms with Gasteiger partial charge < -0.3 is 23.9 Å². The molecule has 0 saturated carbocycles. The first-order valence-electron chi connectivity index (χ1n) is 8.82. The van der Waals surface area contributed by atoms with Crippen LogP contribution in [0.5, 0.6) is 17.6 Å². The van der Waals surface area contributed by atoms with Crippen LogP contribution in [-0.4, -0.2) is 36.1 Å². The summed E-state index contributed by atoms with van der Waals surface area (Å²) < 4.78 is 21.4. The summed E-state index contributed by atoms with van der Waals surface area (Å²) in [6.07, 6.45) is -0.627. The Hall–Kier alpha value is -3.26. The highest BCUT2D eigenvalue weighted by Crippen LogP contribution is 2.28. The lowest BCUT2D eigenvalue weighted by Crippen LogP contribution is -2.38. The lowest BCUT2D eigenvalue weighted by molar-refractivity contribution is -0.141. The van der Waals surface area contributed by atoms with Gasteiger partial charge >= 0.3 is 12.0 Å². The van der Waals surface area contributed by atoms with E-state index in [1.165, 1.54) is 6.92 Å². The van der Waals surface area contributed by atoms with Crippen molar-refractivity contribution in [3.63, 3.8) is 0 Å². The zero-order valence-corrected chi connectivity index (χ0v) is 16.6. The number of nitrogens with one attached hydrogen (secondary N) is 1. The second-order valence-electron chi connectivity index (χ2n) is 6.06. The molecule has 1 aromatic heterocycles. The molecule has 0 bridgehead atoms. The van der Waals surface area contributed by atoms with E-state index in [2.05, 4.69) is 10.3 Å². The molecule has 1 amide bonds. The van der Waals surface area contributed by atoms with Crippen molar-refractivity contribution in [2.24, 2.45) is 0 Å². The Labute approximate surface area is 171 Å². The first-order valence-corrected chi connectivity index (χ1v) is 9.20. The van der Waals surface area contributed by atoms with Gasteiger partial charge in [-0.15, -0.1) is 0 Å². The van der Waals surface area contributed by atoms with E-state index in [-0.39, 0.29) is 25.1 Å². The van der Waals surface area contributed by atoms with Crippen LogP contribution in [0.1, 0.15) is 13.8 Å². The molecule has 0 aliphatic rings. The summed E-state index contributed by atoms with van der Waals surface area (Å²) in [5.41, 5.74) is 1.17. The predicted molar refractivity (Wildman–Crippen MR) is 105 cm³/mol. The topological polar surface area (TPSA) is 99.9 Å². The molecule has 0 saturated heterocycles. The minimum Gasteiger partial charge on any atom is -0.481 e. The summed E-state index contributed by atoms with van der Waals surface area (Å²) >= 11 is 5.93. The monoisotopic (exact) mass is 418 g/mol. The van der Waals surface area contributed by atoms with Crippen LogP contribution in [0.2, 0.25) is 5.02 Å². The summed E-state index contributed by atoms with van der Waals surface area (Å²) in [5, 5.41) is 3.17. The highest BCUT2D eigenvalue weighted by molar-refractivity contribution is 6.31. The van der Waals surface area contributed by atoms with Crippen molar-refractivity contribution < 1.29 is 28.2 Å². The molecule has 29 heavy (non-hydrogen) atoms. The SMILES string of the molecule is CC(=O)OCCNC(=O)[C@@H](C)Oc1ccc(Oc2nc3ccc(Cl)cc3o2)cc1. The van der Waals surface area contributed by atoms with E-state index >= 15 is 0 Å². The minimum atomic E-state index is -0.721. The van der Waals surface area contributed by atoms with Crippen molar-refractivity contribution in [2.75, 3.05) is 13.2 Å². The molecule has 3 aromatic rings. The molecule has 9 heteroatoms. The van der Waals surface area contributed by atoms with Gasteiger partial charge in [0.15, 0.2) is 11.7 Å². The van der Waals surface area contributed by atoms with Crippen LogP contribution in [0.4, 0.5) is 0 Å². The molecule has 2 aromatic carbocycles. The number of carbonyl (C=O) groups is 2. The molecule has 0 aliphatic carbocycles. The fourth-order valence-electron chi connectivity index (χ4n) is 2.38. The number of hydrogen-bond acceptors (Lipinski definition) is 7. The average Bonchev–Trinajstić information content (AvgIpc) is 3.07. The number of esters is 1. The minimum absolute atomic E-state index is 0.0939. The van der Waals surface area contributed by atoms with Gasteiger partial charge in [0, 0.05) is 18.0 Å². The summed E-state index contributed by atoms with van der Waals surface area (Å²) in [5.74, 6) is 0.271. The second kappa shape index (κ2) is 9.29. The van der Waals surface area contributed by atoms with Gasteiger partial charge in [0.25, 0.3) is 5.91 Å². The number of aromatic nitrogens is 1. The smallest absolute Gasteiger partial charge is 0.400 e. The van der Waals surface area contributed by atoms with Crippen LogP contribution < -0.4 is 14.8 Å². The number of ether oxygens (including phenoxy) is 3. The molecule has 0 radical (unpaired) electrons. The van der Waals surface area contributed by atoms with Gasteiger partial charge in [0.2, 0.25) is 0 Å². The molecule has 1 atom stereocenters. The number of rotatable bonds is 8. The van der Waals surface area contributed by atoms with Gasteiger partial charge in [-0.2, -0.15) is 4.98 Å². The number of hydrogen-bond donors (Lipinski definition) is 1. The van der Waals surface area contributed by atoms with Crippen molar-refractivity contribution >= 4 is 34.6 Å². The van der Waals surface area contributed by atoms with Gasteiger partial charge in [-0.05, 0) is 43.3 Å². The van der Waals surface area contributed by atoms with Gasteiger partial charge in [-0.1, -0.05) is 11.6 Å². The van der Waals surface area contributed by atoms with Crippen LogP contribution >= 0.6 is 11.6 Å². The van der Waals surface area contributed by atoms with Gasteiger partial charge in [-0.25, -0.2) is 0 Å². The third-order valence-corrected chi connectivity index (χ3v) is 3.98. The summed E-state index contributed by atoms with van der Waals surface area (Å²) in [6, 6.07) is 11.8. The van der Waals surface area contributed by atoms with E-state index in [0.29, 0.717) is 27.6 Å². The number of nitrogens with zero attached hydrogens (tertiary/aromatic N) is 1. The van der Waals surface area contributed by atoms with Crippen molar-refractivity contribution in [2.45, 2.75) is 20.0 Å². The molecule has 1 heterocycles. The van der Waals surface area contributed by atoms with E-state index < -0.39 is 12.1 Å². The first kappa shape index (κ1) is 20.5. The normalized spacial score (nSPS) is 11.7. The molecule has 3 rings (SSSR count). The van der Waals surface area contributed by atoms with Crippen LogP contribution in [0.15, 0.2) is 46.9 Å². The molecule has 152 valence electrons. The third-order valence-electron chi connectivity index (χ3n) is 3.75. The zero-order valence-electron chi connectivity index (χ0n) is 15.8. The van der Waals surface area contributed by atoms with Crippen LogP contribution in [-0.2, 0) is 14.3 Å². The Bertz CT molecular complexity index is 1000. The molecule has 0 aliphatic heterocycles. The predicted octanol–water partition coefficient (Wildman–Crippen LogP) is 3.72. The quantitative estimate of drug-likeness (QED) is 0.439. The number of carbonyl (C=O) groups excluding carboxylic acids is 2. The maximum absolute atomic E-state index is 12.0. The molecular formula is C20H19ClN2O6. The highest BCUT2D eigenvalue weighted by Gasteiger charge is 2.14. The molecular weight excluding hydrogens is 400 g/mol. The Morgan fingerprint density at radius 3 is 2.62 bits per heavy atom. The Morgan fingerprint density at radius 2 is 1.90 bits per heavy atom. The van der Waals surface area contributed by atoms with Gasteiger partial charge in [0.1, 0.15) is 23.6 Å². The van der Waals surface area contributed by atoms with Crippen molar-refractivity contribution in [1.29, 1.82) is 0 Å². The maximum atomic E-state index is 12.0. The first-order chi connectivity index (χ1) is 13.9. The molecule has 0 unspecified atom stereocenters. The lowest BCUT2D eigenvalue weighted by atomic mass is 10.3. The van der Waals surface area contributed by atoms with Gasteiger partial charge in [-0.3, -0.25) is 9.59 Å². The van der Waals surface area contributed by atoms with E-state index in [4.69, 9.17) is 30.2 Å². The number of benzene rings is 2. The standard InChI is InChI=1S/C20H19ClN2O6/c1-12(19(25)22-9-10-26-13(2)24)27-15-4-6-16(7-5-15)28-20-23-17-8-3-14(21)11-18(17)29-20/h3-8,11-12H,9-10H2,1-2H3,(H,22,25)/t12-/m1/s1. The lowest BCUT2D eigenvalue weighted by Gasteiger charge is -2.14. The Kier molecular flexibility index (Phi) is 6.56. The Morgan fingerprint density at radius 1 is 1.17 bits per heavy atom. The fraction of sp³-hybridized carbons (Fsp3) is 0.250. The van der Waals surface area contributed by atoms with Gasteiger partial charge in [0.05, 0.1) is 6.54 Å². The van der Waals surface area contributed by atoms with Crippen molar-refractivity contribution in [3.05, 3.63) is 47.5 Å². The number of fused-ring (bicyclic) bond motifs is 1. The molecule has 1 N–H and O–H groups in total. The fourth-order valence-corrected chi connectivity index (χ4v) is 2.54. The second-order valence-corrected chi connectivity index (χ2v) is 6.49. The number of oxazole rings is 1. The molecule has 0 fully saturated rings.